The molecule has 5 nitrogen and oxygen atoms in total. The summed E-state index contributed by atoms with van der Waals surface area (Å²) in [5.41, 5.74) is 1.41. The predicted octanol–water partition coefficient (Wildman–Crippen LogP) is 2.19. The molecule has 2 atom stereocenters. The van der Waals surface area contributed by atoms with Crippen molar-refractivity contribution in [2.24, 2.45) is 0 Å². The van der Waals surface area contributed by atoms with Gasteiger partial charge < -0.3 is 19.7 Å². The van der Waals surface area contributed by atoms with Gasteiger partial charge in [0.05, 0.1) is 13.2 Å². The molecule has 0 saturated heterocycles. The normalized spacial score (nSPS) is 13.0. The van der Waals surface area contributed by atoms with Crippen molar-refractivity contribution in [1.29, 1.82) is 5.26 Å². The highest BCUT2D eigenvalue weighted by Gasteiger charge is 2.19. The molecule has 0 bridgehead atoms. The summed E-state index contributed by atoms with van der Waals surface area (Å²) in [4.78, 5) is 0. The number of nitrogens with zero attached hydrogens (tertiary/aromatic N) is 1. The Hall–Kier alpha value is -2.55. The molecule has 0 fully saturated rings. The monoisotopic (exact) mass is 299 g/mol. The van der Waals surface area contributed by atoms with Crippen LogP contribution in [0.1, 0.15) is 17.2 Å². The molecule has 0 spiro atoms. The number of aliphatic hydroxyl groups excluding tert-OH is 2. The summed E-state index contributed by atoms with van der Waals surface area (Å²) < 4.78 is 10.9. The third-order valence-corrected chi connectivity index (χ3v) is 3.20. The van der Waals surface area contributed by atoms with Gasteiger partial charge in [0, 0.05) is 0 Å². The van der Waals surface area contributed by atoms with Crippen LogP contribution in [0.15, 0.2) is 48.5 Å². The number of nitriles is 1. The second-order valence-electron chi connectivity index (χ2n) is 4.70. The van der Waals surface area contributed by atoms with Crippen LogP contribution in [-0.2, 0) is 6.61 Å². The van der Waals surface area contributed by atoms with E-state index in [0.717, 1.165) is 5.56 Å². The van der Waals surface area contributed by atoms with E-state index in [-0.39, 0.29) is 0 Å². The lowest BCUT2D eigenvalue weighted by atomic mass is 10.0. The minimum Gasteiger partial charge on any atom is -0.493 e. The van der Waals surface area contributed by atoms with E-state index in [2.05, 4.69) is 0 Å². The Morgan fingerprint density at radius 1 is 1.09 bits per heavy atom. The number of hydrogen-bond donors (Lipinski definition) is 2. The molecule has 5 heteroatoms. The van der Waals surface area contributed by atoms with Gasteiger partial charge in [0.2, 0.25) is 0 Å². The summed E-state index contributed by atoms with van der Waals surface area (Å²) in [6.07, 6.45) is -2.78. The van der Waals surface area contributed by atoms with E-state index in [1.54, 1.807) is 24.3 Å². The van der Waals surface area contributed by atoms with Crippen molar-refractivity contribution in [2.45, 2.75) is 18.8 Å². The number of methoxy groups -OCH3 is 1. The van der Waals surface area contributed by atoms with Crippen LogP contribution < -0.4 is 9.47 Å². The highest BCUT2D eigenvalue weighted by Crippen LogP contribution is 2.31. The molecule has 0 aromatic heterocycles. The molecule has 114 valence electrons. The van der Waals surface area contributed by atoms with Crippen molar-refractivity contribution in [2.75, 3.05) is 7.11 Å². The van der Waals surface area contributed by atoms with E-state index < -0.39 is 12.2 Å². The molecular weight excluding hydrogens is 282 g/mol. The average molecular weight is 299 g/mol. The molecule has 0 amide bonds. The van der Waals surface area contributed by atoms with Crippen LogP contribution in [0.2, 0.25) is 0 Å². The lowest BCUT2D eigenvalue weighted by molar-refractivity contribution is 0.0526. The lowest BCUT2D eigenvalue weighted by Crippen LogP contribution is -2.15. The Labute approximate surface area is 129 Å². The van der Waals surface area contributed by atoms with Gasteiger partial charge in [0.15, 0.2) is 17.6 Å². The highest BCUT2D eigenvalue weighted by molar-refractivity contribution is 5.44. The molecule has 0 saturated carbocycles. The third kappa shape index (κ3) is 3.76. The highest BCUT2D eigenvalue weighted by atomic mass is 16.5. The summed E-state index contributed by atoms with van der Waals surface area (Å²) >= 11 is 0. The van der Waals surface area contributed by atoms with E-state index in [1.807, 2.05) is 30.3 Å². The van der Waals surface area contributed by atoms with E-state index in [4.69, 9.17) is 14.7 Å². The first-order valence-corrected chi connectivity index (χ1v) is 6.76. The number of rotatable bonds is 6. The Kier molecular flexibility index (Phi) is 5.37. The van der Waals surface area contributed by atoms with E-state index in [0.29, 0.717) is 23.7 Å². The molecule has 2 aromatic rings. The predicted molar refractivity (Wildman–Crippen MR) is 80.3 cm³/mol. The average Bonchev–Trinajstić information content (AvgIpc) is 2.59. The van der Waals surface area contributed by atoms with Crippen LogP contribution in [0.25, 0.3) is 0 Å². The number of aliphatic hydroxyl groups is 2. The molecule has 2 N–H and O–H groups in total. The van der Waals surface area contributed by atoms with Crippen molar-refractivity contribution in [1.82, 2.24) is 0 Å². The van der Waals surface area contributed by atoms with Gasteiger partial charge >= 0.3 is 0 Å². The van der Waals surface area contributed by atoms with Crippen LogP contribution in [0.4, 0.5) is 0 Å². The smallest absolute Gasteiger partial charge is 0.170 e. The number of benzene rings is 2. The molecule has 2 aromatic carbocycles. The Bertz CT molecular complexity index is 651. The van der Waals surface area contributed by atoms with Crippen molar-refractivity contribution < 1.29 is 19.7 Å². The first-order valence-electron chi connectivity index (χ1n) is 6.76. The fourth-order valence-electron chi connectivity index (χ4n) is 1.98. The van der Waals surface area contributed by atoms with Crippen molar-refractivity contribution in [3.05, 3.63) is 59.7 Å². The fraction of sp³-hybridized carbons (Fsp3) is 0.235. The third-order valence-electron chi connectivity index (χ3n) is 3.20. The SMILES string of the molecule is COc1cc(C(O)C(O)C#N)ccc1OCc1ccccc1. The summed E-state index contributed by atoms with van der Waals surface area (Å²) in [6.45, 7) is 0.389. The van der Waals surface area contributed by atoms with Crippen LogP contribution in [0.5, 0.6) is 11.5 Å². The van der Waals surface area contributed by atoms with Crippen LogP contribution in [0, 0.1) is 11.3 Å². The molecule has 0 radical (unpaired) electrons. The van der Waals surface area contributed by atoms with Gasteiger partial charge in [-0.3, -0.25) is 0 Å². The second kappa shape index (κ2) is 7.46. The molecule has 22 heavy (non-hydrogen) atoms. The van der Waals surface area contributed by atoms with Gasteiger partial charge in [0.25, 0.3) is 0 Å². The molecule has 0 aliphatic heterocycles. The maximum absolute atomic E-state index is 9.84. The minimum atomic E-state index is -1.49. The zero-order valence-corrected chi connectivity index (χ0v) is 12.1. The van der Waals surface area contributed by atoms with Crippen molar-refractivity contribution in [3.8, 4) is 17.6 Å². The summed E-state index contributed by atoms with van der Waals surface area (Å²) in [5, 5.41) is 27.9. The van der Waals surface area contributed by atoms with Gasteiger partial charge in [-0.2, -0.15) is 5.26 Å². The van der Waals surface area contributed by atoms with E-state index in [1.165, 1.54) is 7.11 Å². The zero-order valence-electron chi connectivity index (χ0n) is 12.1. The number of hydrogen-bond acceptors (Lipinski definition) is 5. The lowest BCUT2D eigenvalue weighted by Gasteiger charge is -2.16. The van der Waals surface area contributed by atoms with Gasteiger partial charge in [-0.25, -0.2) is 0 Å². The van der Waals surface area contributed by atoms with Crippen molar-refractivity contribution >= 4 is 0 Å². The second-order valence-corrected chi connectivity index (χ2v) is 4.70. The zero-order chi connectivity index (χ0) is 15.9. The first-order chi connectivity index (χ1) is 10.7. The largest absolute Gasteiger partial charge is 0.493 e. The molecule has 0 aliphatic rings. The first kappa shape index (κ1) is 15.8. The molecule has 2 unspecified atom stereocenters. The van der Waals surface area contributed by atoms with Crippen LogP contribution >= 0.6 is 0 Å². The molecular formula is C17H17NO4. The molecule has 2 rings (SSSR count). The fourth-order valence-corrected chi connectivity index (χ4v) is 1.98. The van der Waals surface area contributed by atoms with Gasteiger partial charge in [-0.05, 0) is 23.3 Å². The van der Waals surface area contributed by atoms with E-state index >= 15 is 0 Å². The van der Waals surface area contributed by atoms with Crippen LogP contribution in [0.3, 0.4) is 0 Å². The maximum Gasteiger partial charge on any atom is 0.170 e. The summed E-state index contributed by atoms with van der Waals surface area (Å²) in [6, 6.07) is 16.1. The summed E-state index contributed by atoms with van der Waals surface area (Å²) in [7, 11) is 1.49. The number of ether oxygens (including phenoxy) is 2. The standard InChI is InChI=1S/C17H17NO4/c1-21-16-9-13(17(20)14(19)10-18)7-8-15(16)22-11-12-5-3-2-4-6-12/h2-9,14,17,19-20H,11H2,1H3. The molecule has 0 heterocycles. The van der Waals surface area contributed by atoms with Crippen molar-refractivity contribution in [3.63, 3.8) is 0 Å². The van der Waals surface area contributed by atoms with Gasteiger partial charge in [-0.1, -0.05) is 36.4 Å². The molecule has 0 aliphatic carbocycles. The maximum atomic E-state index is 9.84. The van der Waals surface area contributed by atoms with Crippen LogP contribution in [-0.4, -0.2) is 23.4 Å². The Morgan fingerprint density at radius 2 is 1.82 bits per heavy atom. The topological polar surface area (TPSA) is 82.7 Å². The quantitative estimate of drug-likeness (QED) is 0.799. The Morgan fingerprint density at radius 3 is 2.45 bits per heavy atom. The minimum absolute atomic E-state index is 0.387. The summed E-state index contributed by atoms with van der Waals surface area (Å²) in [5.74, 6) is 0.950. The van der Waals surface area contributed by atoms with Gasteiger partial charge in [-0.15, -0.1) is 0 Å². The Balaban J connectivity index is 2.14. The van der Waals surface area contributed by atoms with Gasteiger partial charge in [0.1, 0.15) is 12.7 Å². The van der Waals surface area contributed by atoms with E-state index in [9.17, 15) is 10.2 Å².